The number of aryl methyl sites for hydroxylation is 1. The Balaban J connectivity index is 2.68. The van der Waals surface area contributed by atoms with Crippen LogP contribution in [0.15, 0.2) is 0 Å². The van der Waals surface area contributed by atoms with Crippen molar-refractivity contribution in [2.24, 2.45) is 5.73 Å². The number of ether oxygens (including phenoxy) is 1. The van der Waals surface area contributed by atoms with Crippen LogP contribution < -0.4 is 5.73 Å². The van der Waals surface area contributed by atoms with E-state index in [1.165, 1.54) is 0 Å². The molecule has 0 bridgehead atoms. The lowest BCUT2D eigenvalue weighted by Gasteiger charge is -2.04. The zero-order valence-corrected chi connectivity index (χ0v) is 9.21. The smallest absolute Gasteiger partial charge is 0.0662 e. The summed E-state index contributed by atoms with van der Waals surface area (Å²) in [6, 6.07) is 0. The van der Waals surface area contributed by atoms with Gasteiger partial charge in [0.25, 0.3) is 0 Å². The van der Waals surface area contributed by atoms with Crippen LogP contribution in [0.4, 0.5) is 0 Å². The van der Waals surface area contributed by atoms with E-state index in [1.807, 2.05) is 25.5 Å². The summed E-state index contributed by atoms with van der Waals surface area (Å²) in [5.74, 6) is 0. The third kappa shape index (κ3) is 2.33. The fourth-order valence-corrected chi connectivity index (χ4v) is 1.54. The van der Waals surface area contributed by atoms with Gasteiger partial charge in [0.2, 0.25) is 0 Å². The molecule has 2 N–H and O–H groups in total. The lowest BCUT2D eigenvalue weighted by atomic mass is 10.2. The first kappa shape index (κ1) is 11.2. The van der Waals surface area contributed by atoms with Gasteiger partial charge in [-0.15, -0.1) is 0 Å². The van der Waals surface area contributed by atoms with Crippen LogP contribution in [0.5, 0.6) is 0 Å². The molecular formula is C10H19N3O. The summed E-state index contributed by atoms with van der Waals surface area (Å²) in [4.78, 5) is 0. The maximum Gasteiger partial charge on any atom is 0.0662 e. The predicted octanol–water partition coefficient (Wildman–Crippen LogP) is 0.995. The molecule has 80 valence electrons. The summed E-state index contributed by atoms with van der Waals surface area (Å²) in [7, 11) is 0. The molecule has 0 amide bonds. The monoisotopic (exact) mass is 197 g/mol. The normalized spacial score (nSPS) is 10.9. The number of aromatic nitrogens is 2. The average Bonchev–Trinajstić information content (AvgIpc) is 2.42. The number of nitrogens with two attached hydrogens (primary N) is 1. The Hall–Kier alpha value is -0.870. The van der Waals surface area contributed by atoms with E-state index in [4.69, 9.17) is 10.5 Å². The highest BCUT2D eigenvalue weighted by molar-refractivity contribution is 5.23. The van der Waals surface area contributed by atoms with Gasteiger partial charge in [-0.05, 0) is 20.8 Å². The van der Waals surface area contributed by atoms with Crippen LogP contribution in [0.25, 0.3) is 0 Å². The van der Waals surface area contributed by atoms with Crippen LogP contribution >= 0.6 is 0 Å². The van der Waals surface area contributed by atoms with Crippen LogP contribution in [-0.4, -0.2) is 23.0 Å². The minimum Gasteiger partial charge on any atom is -0.380 e. The highest BCUT2D eigenvalue weighted by atomic mass is 16.5. The van der Waals surface area contributed by atoms with Crippen LogP contribution in [0.1, 0.15) is 23.9 Å². The molecule has 0 saturated heterocycles. The molecule has 0 saturated carbocycles. The van der Waals surface area contributed by atoms with E-state index in [1.54, 1.807) is 0 Å². The second-order valence-electron chi connectivity index (χ2n) is 3.27. The molecular weight excluding hydrogens is 178 g/mol. The van der Waals surface area contributed by atoms with Gasteiger partial charge in [-0.25, -0.2) is 0 Å². The van der Waals surface area contributed by atoms with E-state index in [9.17, 15) is 0 Å². The van der Waals surface area contributed by atoms with Gasteiger partial charge >= 0.3 is 0 Å². The number of nitrogens with zero attached hydrogens (tertiary/aromatic N) is 2. The average molecular weight is 197 g/mol. The van der Waals surface area contributed by atoms with Gasteiger partial charge in [0.1, 0.15) is 0 Å². The third-order valence-electron chi connectivity index (χ3n) is 2.39. The van der Waals surface area contributed by atoms with Crippen LogP contribution in [-0.2, 0) is 17.8 Å². The fourth-order valence-electron chi connectivity index (χ4n) is 1.54. The van der Waals surface area contributed by atoms with Gasteiger partial charge < -0.3 is 10.5 Å². The van der Waals surface area contributed by atoms with E-state index in [2.05, 4.69) is 5.10 Å². The second kappa shape index (κ2) is 5.12. The predicted molar refractivity (Wildman–Crippen MR) is 56.1 cm³/mol. The molecule has 0 atom stereocenters. The summed E-state index contributed by atoms with van der Waals surface area (Å²) in [5, 5.41) is 4.41. The molecule has 0 fully saturated rings. The molecule has 0 aromatic carbocycles. The van der Waals surface area contributed by atoms with Gasteiger partial charge in [0, 0.05) is 24.4 Å². The van der Waals surface area contributed by atoms with Crippen molar-refractivity contribution in [1.82, 2.24) is 9.78 Å². The Morgan fingerprint density at radius 3 is 2.64 bits per heavy atom. The Labute approximate surface area is 85.0 Å². The van der Waals surface area contributed by atoms with Gasteiger partial charge in [-0.1, -0.05) is 0 Å². The molecule has 14 heavy (non-hydrogen) atoms. The first-order valence-corrected chi connectivity index (χ1v) is 5.01. The Morgan fingerprint density at radius 2 is 2.14 bits per heavy atom. The third-order valence-corrected chi connectivity index (χ3v) is 2.39. The molecule has 4 nitrogen and oxygen atoms in total. The van der Waals surface area contributed by atoms with E-state index in [0.29, 0.717) is 13.2 Å². The molecule has 1 heterocycles. The lowest BCUT2D eigenvalue weighted by molar-refractivity contribution is 0.135. The summed E-state index contributed by atoms with van der Waals surface area (Å²) < 4.78 is 7.25. The van der Waals surface area contributed by atoms with Gasteiger partial charge in [-0.3, -0.25) is 4.68 Å². The highest BCUT2D eigenvalue weighted by Crippen LogP contribution is 2.11. The molecule has 4 heteroatoms. The maximum atomic E-state index is 5.64. The molecule has 0 aliphatic rings. The van der Waals surface area contributed by atoms with E-state index < -0.39 is 0 Å². The lowest BCUT2D eigenvalue weighted by Crippen LogP contribution is -2.09. The molecule has 0 radical (unpaired) electrons. The summed E-state index contributed by atoms with van der Waals surface area (Å²) in [6.07, 6.45) is 0. The standard InChI is InChI=1S/C10H19N3O/c1-4-14-6-5-13-9(3)10(7-11)8(2)12-13/h4-7,11H2,1-3H3. The number of hydrogen-bond acceptors (Lipinski definition) is 3. The molecule has 0 aliphatic heterocycles. The van der Waals surface area contributed by atoms with Crippen molar-refractivity contribution in [3.63, 3.8) is 0 Å². The number of rotatable bonds is 5. The van der Waals surface area contributed by atoms with Crippen molar-refractivity contribution in [1.29, 1.82) is 0 Å². The zero-order chi connectivity index (χ0) is 10.6. The molecule has 1 aromatic heterocycles. The SMILES string of the molecule is CCOCCn1nc(C)c(CN)c1C. The van der Waals surface area contributed by atoms with E-state index in [0.717, 1.165) is 30.1 Å². The van der Waals surface area contributed by atoms with Crippen LogP contribution in [0.2, 0.25) is 0 Å². The van der Waals surface area contributed by atoms with Crippen molar-refractivity contribution < 1.29 is 4.74 Å². The van der Waals surface area contributed by atoms with Gasteiger partial charge in [0.05, 0.1) is 18.8 Å². The van der Waals surface area contributed by atoms with Gasteiger partial charge in [0.15, 0.2) is 0 Å². The first-order chi connectivity index (χ1) is 6.70. The van der Waals surface area contributed by atoms with Crippen molar-refractivity contribution in [2.45, 2.75) is 33.9 Å². The zero-order valence-electron chi connectivity index (χ0n) is 9.21. The molecule has 1 rings (SSSR count). The Bertz CT molecular complexity index is 294. The van der Waals surface area contributed by atoms with E-state index in [-0.39, 0.29) is 0 Å². The minimum absolute atomic E-state index is 0.562. The summed E-state index contributed by atoms with van der Waals surface area (Å²) in [6.45, 7) is 8.87. The van der Waals surface area contributed by atoms with Crippen molar-refractivity contribution in [3.05, 3.63) is 17.0 Å². The molecule has 1 aromatic rings. The fraction of sp³-hybridized carbons (Fsp3) is 0.700. The molecule has 0 unspecified atom stereocenters. The van der Waals surface area contributed by atoms with Crippen molar-refractivity contribution in [3.8, 4) is 0 Å². The Morgan fingerprint density at radius 1 is 1.43 bits per heavy atom. The van der Waals surface area contributed by atoms with Crippen LogP contribution in [0.3, 0.4) is 0 Å². The molecule has 0 aliphatic carbocycles. The summed E-state index contributed by atoms with van der Waals surface area (Å²) >= 11 is 0. The topological polar surface area (TPSA) is 53.1 Å². The van der Waals surface area contributed by atoms with Crippen molar-refractivity contribution in [2.75, 3.05) is 13.2 Å². The Kier molecular flexibility index (Phi) is 4.10. The largest absolute Gasteiger partial charge is 0.380 e. The maximum absolute atomic E-state index is 5.64. The van der Waals surface area contributed by atoms with Crippen molar-refractivity contribution >= 4 is 0 Å². The molecule has 0 spiro atoms. The minimum atomic E-state index is 0.562. The first-order valence-electron chi connectivity index (χ1n) is 5.01. The second-order valence-corrected chi connectivity index (χ2v) is 3.27. The number of hydrogen-bond donors (Lipinski definition) is 1. The van der Waals surface area contributed by atoms with Crippen LogP contribution in [0, 0.1) is 13.8 Å². The van der Waals surface area contributed by atoms with E-state index >= 15 is 0 Å². The van der Waals surface area contributed by atoms with Gasteiger partial charge in [-0.2, -0.15) is 5.10 Å². The summed E-state index contributed by atoms with van der Waals surface area (Å²) in [5.41, 5.74) is 8.98. The highest BCUT2D eigenvalue weighted by Gasteiger charge is 2.08. The quantitative estimate of drug-likeness (QED) is 0.716.